The Kier molecular flexibility index (Phi) is 4.15. The van der Waals surface area contributed by atoms with Crippen LogP contribution in [0.5, 0.6) is 5.75 Å². The summed E-state index contributed by atoms with van der Waals surface area (Å²) in [6, 6.07) is 6.31. The van der Waals surface area contributed by atoms with Crippen LogP contribution < -0.4 is 10.5 Å². The highest BCUT2D eigenvalue weighted by molar-refractivity contribution is 5.40. The van der Waals surface area contributed by atoms with Crippen LogP contribution in [0, 0.1) is 0 Å². The summed E-state index contributed by atoms with van der Waals surface area (Å²) >= 11 is 0. The lowest BCUT2D eigenvalue weighted by Crippen LogP contribution is -2.09. The summed E-state index contributed by atoms with van der Waals surface area (Å²) < 4.78 is 5.55. The molecule has 0 saturated heterocycles. The summed E-state index contributed by atoms with van der Waals surface area (Å²) in [7, 11) is 0. The Morgan fingerprint density at radius 1 is 1.27 bits per heavy atom. The lowest BCUT2D eigenvalue weighted by molar-refractivity contribution is 0.334. The van der Waals surface area contributed by atoms with Crippen molar-refractivity contribution in [1.82, 2.24) is 0 Å². The molecule has 84 valence electrons. The molecule has 2 nitrogen and oxygen atoms in total. The third-order valence-electron chi connectivity index (χ3n) is 2.49. The van der Waals surface area contributed by atoms with E-state index in [-0.39, 0.29) is 6.04 Å². The van der Waals surface area contributed by atoms with E-state index in [1.807, 2.05) is 19.9 Å². The first-order valence-corrected chi connectivity index (χ1v) is 5.58. The lowest BCUT2D eigenvalue weighted by atomic mass is 9.98. The van der Waals surface area contributed by atoms with Crippen molar-refractivity contribution >= 4 is 0 Å². The van der Waals surface area contributed by atoms with Crippen molar-refractivity contribution in [2.75, 3.05) is 6.61 Å². The van der Waals surface area contributed by atoms with Gasteiger partial charge >= 0.3 is 0 Å². The molecule has 0 radical (unpaired) electrons. The molecule has 0 heterocycles. The maximum absolute atomic E-state index is 5.93. The number of hydrogen-bond donors (Lipinski definition) is 1. The molecular weight excluding hydrogens is 186 g/mol. The van der Waals surface area contributed by atoms with Crippen LogP contribution >= 0.6 is 0 Å². The summed E-state index contributed by atoms with van der Waals surface area (Å²) in [4.78, 5) is 0. The maximum atomic E-state index is 5.93. The van der Waals surface area contributed by atoms with Crippen molar-refractivity contribution in [2.24, 2.45) is 5.73 Å². The minimum Gasteiger partial charge on any atom is -0.494 e. The summed E-state index contributed by atoms with van der Waals surface area (Å²) in [5.41, 5.74) is 8.34. The number of hydrogen-bond acceptors (Lipinski definition) is 2. The Balaban J connectivity index is 3.09. The fourth-order valence-corrected chi connectivity index (χ4v) is 1.57. The molecule has 1 aromatic carbocycles. The van der Waals surface area contributed by atoms with E-state index < -0.39 is 0 Å². The summed E-state index contributed by atoms with van der Waals surface area (Å²) in [5.74, 6) is 1.44. The fraction of sp³-hybridized carbons (Fsp3) is 0.538. The van der Waals surface area contributed by atoms with Gasteiger partial charge in [0.15, 0.2) is 0 Å². The largest absolute Gasteiger partial charge is 0.494 e. The van der Waals surface area contributed by atoms with Gasteiger partial charge in [-0.25, -0.2) is 0 Å². The van der Waals surface area contributed by atoms with Crippen molar-refractivity contribution in [1.29, 1.82) is 0 Å². The van der Waals surface area contributed by atoms with E-state index in [1.54, 1.807) is 0 Å². The van der Waals surface area contributed by atoms with E-state index in [0.717, 1.165) is 11.3 Å². The minimum atomic E-state index is 0.0187. The molecule has 0 aliphatic heterocycles. The Morgan fingerprint density at radius 3 is 2.40 bits per heavy atom. The van der Waals surface area contributed by atoms with Crippen LogP contribution in [0.1, 0.15) is 50.8 Å². The predicted octanol–water partition coefficient (Wildman–Crippen LogP) is 3.23. The van der Waals surface area contributed by atoms with E-state index in [1.165, 1.54) is 5.56 Å². The van der Waals surface area contributed by atoms with Gasteiger partial charge in [-0.15, -0.1) is 0 Å². The van der Waals surface area contributed by atoms with Crippen LogP contribution in [-0.4, -0.2) is 6.61 Å². The van der Waals surface area contributed by atoms with Crippen LogP contribution in [0.3, 0.4) is 0 Å². The second-order valence-electron chi connectivity index (χ2n) is 4.17. The van der Waals surface area contributed by atoms with Crippen molar-refractivity contribution in [3.63, 3.8) is 0 Å². The van der Waals surface area contributed by atoms with Crippen LogP contribution in [0.4, 0.5) is 0 Å². The van der Waals surface area contributed by atoms with E-state index in [2.05, 4.69) is 26.0 Å². The minimum absolute atomic E-state index is 0.0187. The molecule has 15 heavy (non-hydrogen) atoms. The Bertz CT molecular complexity index is 318. The third kappa shape index (κ3) is 2.96. The zero-order valence-electron chi connectivity index (χ0n) is 10.1. The SMILES string of the molecule is CCOc1ccc(C(C)C)cc1C(C)N. The highest BCUT2D eigenvalue weighted by atomic mass is 16.5. The zero-order chi connectivity index (χ0) is 11.4. The quantitative estimate of drug-likeness (QED) is 0.822. The molecule has 0 fully saturated rings. The molecule has 1 rings (SSSR count). The van der Waals surface area contributed by atoms with Gasteiger partial charge in [0.05, 0.1) is 6.61 Å². The van der Waals surface area contributed by atoms with Gasteiger partial charge in [0.2, 0.25) is 0 Å². The molecule has 0 aliphatic carbocycles. The van der Waals surface area contributed by atoms with Crippen LogP contribution in [0.2, 0.25) is 0 Å². The Hall–Kier alpha value is -1.02. The van der Waals surface area contributed by atoms with Crippen molar-refractivity contribution in [2.45, 2.75) is 39.7 Å². The second kappa shape index (κ2) is 5.17. The van der Waals surface area contributed by atoms with Gasteiger partial charge in [0, 0.05) is 11.6 Å². The Labute approximate surface area is 92.4 Å². The van der Waals surface area contributed by atoms with Crippen LogP contribution in [0.15, 0.2) is 18.2 Å². The summed E-state index contributed by atoms with van der Waals surface area (Å²) in [6.45, 7) is 9.02. The van der Waals surface area contributed by atoms with Gasteiger partial charge in [-0.3, -0.25) is 0 Å². The highest BCUT2D eigenvalue weighted by Gasteiger charge is 2.10. The molecule has 0 aromatic heterocycles. The van der Waals surface area contributed by atoms with Gasteiger partial charge in [-0.1, -0.05) is 26.0 Å². The fourth-order valence-electron chi connectivity index (χ4n) is 1.57. The highest BCUT2D eigenvalue weighted by Crippen LogP contribution is 2.28. The molecule has 0 bridgehead atoms. The number of benzene rings is 1. The Morgan fingerprint density at radius 2 is 1.93 bits per heavy atom. The van der Waals surface area contributed by atoms with E-state index in [4.69, 9.17) is 10.5 Å². The first-order chi connectivity index (χ1) is 7.06. The first-order valence-electron chi connectivity index (χ1n) is 5.58. The van der Waals surface area contributed by atoms with E-state index >= 15 is 0 Å². The average Bonchev–Trinajstić information content (AvgIpc) is 2.18. The lowest BCUT2D eigenvalue weighted by Gasteiger charge is -2.16. The molecule has 0 saturated carbocycles. The number of nitrogens with two attached hydrogens (primary N) is 1. The maximum Gasteiger partial charge on any atom is 0.124 e. The second-order valence-corrected chi connectivity index (χ2v) is 4.17. The van der Waals surface area contributed by atoms with Gasteiger partial charge < -0.3 is 10.5 Å². The topological polar surface area (TPSA) is 35.2 Å². The number of rotatable bonds is 4. The molecule has 1 unspecified atom stereocenters. The van der Waals surface area contributed by atoms with Crippen molar-refractivity contribution < 1.29 is 4.74 Å². The molecule has 2 N–H and O–H groups in total. The third-order valence-corrected chi connectivity index (χ3v) is 2.49. The van der Waals surface area contributed by atoms with Gasteiger partial charge in [-0.2, -0.15) is 0 Å². The molecule has 0 spiro atoms. The van der Waals surface area contributed by atoms with Crippen molar-refractivity contribution in [3.8, 4) is 5.75 Å². The smallest absolute Gasteiger partial charge is 0.124 e. The molecule has 2 heteroatoms. The summed E-state index contributed by atoms with van der Waals surface area (Å²) in [6.07, 6.45) is 0. The number of ether oxygens (including phenoxy) is 1. The molecule has 0 amide bonds. The van der Waals surface area contributed by atoms with Crippen LogP contribution in [0.25, 0.3) is 0 Å². The standard InChI is InChI=1S/C13H21NO/c1-5-15-13-7-6-11(9(2)3)8-12(13)10(4)14/h6-10H,5,14H2,1-4H3. The van der Waals surface area contributed by atoms with E-state index in [9.17, 15) is 0 Å². The van der Waals surface area contributed by atoms with Gasteiger partial charge in [-0.05, 0) is 31.4 Å². The normalized spacial score (nSPS) is 12.9. The zero-order valence-corrected chi connectivity index (χ0v) is 10.1. The monoisotopic (exact) mass is 207 g/mol. The molecule has 0 aliphatic rings. The van der Waals surface area contributed by atoms with Gasteiger partial charge in [0.1, 0.15) is 5.75 Å². The summed E-state index contributed by atoms with van der Waals surface area (Å²) in [5, 5.41) is 0. The van der Waals surface area contributed by atoms with E-state index in [0.29, 0.717) is 12.5 Å². The molecular formula is C13H21NO. The molecule has 1 aromatic rings. The average molecular weight is 207 g/mol. The van der Waals surface area contributed by atoms with Crippen LogP contribution in [-0.2, 0) is 0 Å². The molecule has 1 atom stereocenters. The predicted molar refractivity (Wildman–Crippen MR) is 64.3 cm³/mol. The van der Waals surface area contributed by atoms with Gasteiger partial charge in [0.25, 0.3) is 0 Å². The first kappa shape index (κ1) is 12.1. The van der Waals surface area contributed by atoms with Crippen molar-refractivity contribution in [3.05, 3.63) is 29.3 Å².